The van der Waals surface area contributed by atoms with Crippen molar-refractivity contribution in [1.82, 2.24) is 14.3 Å². The number of fused-ring (bicyclic) bond motifs is 4. The number of para-hydroxylation sites is 1. The van der Waals surface area contributed by atoms with Gasteiger partial charge in [0.05, 0.1) is 0 Å². The summed E-state index contributed by atoms with van der Waals surface area (Å²) in [5.74, 6) is 0.505. The second kappa shape index (κ2) is 8.73. The van der Waals surface area contributed by atoms with Gasteiger partial charge in [-0.2, -0.15) is 0 Å². The maximum absolute atomic E-state index is 13.1. The second-order valence-corrected chi connectivity index (χ2v) is 9.60. The lowest BCUT2D eigenvalue weighted by molar-refractivity contribution is 0.194. The minimum Gasteiger partial charge on any atom is -0.363 e. The van der Waals surface area contributed by atoms with Gasteiger partial charge < -0.3 is 9.80 Å². The monoisotopic (exact) mass is 450 g/mol. The quantitative estimate of drug-likeness (QED) is 0.451. The largest absolute Gasteiger partial charge is 0.363 e. The molecule has 1 saturated heterocycles. The molecule has 0 spiro atoms. The van der Waals surface area contributed by atoms with Crippen LogP contribution >= 0.6 is 0 Å². The molecular weight excluding hydrogens is 420 g/mol. The van der Waals surface area contributed by atoms with Gasteiger partial charge in [-0.15, -0.1) is 0 Å². The number of likely N-dealkylation sites (tertiary alicyclic amines) is 1. The van der Waals surface area contributed by atoms with Gasteiger partial charge in [-0.3, -0.25) is 9.20 Å². The van der Waals surface area contributed by atoms with Crippen LogP contribution in [0.3, 0.4) is 0 Å². The van der Waals surface area contributed by atoms with Crippen LogP contribution < -0.4 is 10.5 Å². The number of aromatic nitrogens is 2. The SMILES string of the molecule is Cc1nc2ccccn2c(=O)c1CCN1CCC2C(C1)c1ccccc1N2Cc1ccccc1. The van der Waals surface area contributed by atoms with E-state index in [0.717, 1.165) is 55.9 Å². The summed E-state index contributed by atoms with van der Waals surface area (Å²) in [4.78, 5) is 22.9. The summed E-state index contributed by atoms with van der Waals surface area (Å²) in [6.07, 6.45) is 3.69. The fraction of sp³-hybridized carbons (Fsp3) is 0.310. The molecular formula is C29H30N4O. The number of hydrogen-bond acceptors (Lipinski definition) is 4. The minimum atomic E-state index is 0.0678. The highest BCUT2D eigenvalue weighted by Crippen LogP contribution is 2.45. The standard InChI is InChI=1S/C29H30N4O/c1-21-23(29(34)32-16-8-7-13-28(32)30-21)14-17-31-18-15-27-25(20-31)24-11-5-6-12-26(24)33(27)19-22-9-3-2-4-10-22/h2-13,16,25,27H,14-15,17-20H2,1H3. The van der Waals surface area contributed by atoms with Crippen molar-refractivity contribution in [3.05, 3.63) is 112 Å². The summed E-state index contributed by atoms with van der Waals surface area (Å²) in [5.41, 5.74) is 6.69. The smallest absolute Gasteiger partial charge is 0.261 e. The van der Waals surface area contributed by atoms with Crippen molar-refractivity contribution in [2.45, 2.75) is 38.3 Å². The van der Waals surface area contributed by atoms with E-state index in [4.69, 9.17) is 0 Å². The molecule has 34 heavy (non-hydrogen) atoms. The van der Waals surface area contributed by atoms with E-state index in [1.807, 2.05) is 31.3 Å². The molecule has 0 bridgehead atoms. The lowest BCUT2D eigenvalue weighted by Gasteiger charge is -2.39. The van der Waals surface area contributed by atoms with Gasteiger partial charge in [0.2, 0.25) is 0 Å². The Morgan fingerprint density at radius 1 is 0.971 bits per heavy atom. The first-order valence-corrected chi connectivity index (χ1v) is 12.3. The Kier molecular flexibility index (Phi) is 5.42. The molecule has 2 aromatic heterocycles. The summed E-state index contributed by atoms with van der Waals surface area (Å²) >= 11 is 0. The molecule has 2 atom stereocenters. The Labute approximate surface area is 200 Å². The first-order valence-electron chi connectivity index (χ1n) is 12.3. The van der Waals surface area contributed by atoms with E-state index in [0.29, 0.717) is 12.0 Å². The van der Waals surface area contributed by atoms with Crippen LogP contribution in [0.15, 0.2) is 83.8 Å². The lowest BCUT2D eigenvalue weighted by atomic mass is 9.89. The van der Waals surface area contributed by atoms with Gasteiger partial charge in [-0.05, 0) is 49.1 Å². The van der Waals surface area contributed by atoms with Gasteiger partial charge >= 0.3 is 0 Å². The zero-order valence-corrected chi connectivity index (χ0v) is 19.6. The van der Waals surface area contributed by atoms with Gasteiger partial charge in [-0.25, -0.2) is 4.98 Å². The van der Waals surface area contributed by atoms with Crippen LogP contribution in [0.2, 0.25) is 0 Å². The van der Waals surface area contributed by atoms with Gasteiger partial charge in [0.1, 0.15) is 5.65 Å². The molecule has 2 unspecified atom stereocenters. The highest BCUT2D eigenvalue weighted by atomic mass is 16.1. The molecule has 0 radical (unpaired) electrons. The topological polar surface area (TPSA) is 40.9 Å². The summed E-state index contributed by atoms with van der Waals surface area (Å²) in [5, 5.41) is 0. The van der Waals surface area contributed by atoms with Crippen molar-refractivity contribution in [3.8, 4) is 0 Å². The number of benzene rings is 2. The summed E-state index contributed by atoms with van der Waals surface area (Å²) in [7, 11) is 0. The van der Waals surface area contributed by atoms with E-state index in [1.54, 1.807) is 4.40 Å². The molecule has 2 aliphatic rings. The van der Waals surface area contributed by atoms with Crippen molar-refractivity contribution in [2.24, 2.45) is 0 Å². The van der Waals surface area contributed by atoms with Crippen molar-refractivity contribution >= 4 is 11.3 Å². The van der Waals surface area contributed by atoms with Crippen LogP contribution in [0.25, 0.3) is 5.65 Å². The second-order valence-electron chi connectivity index (χ2n) is 9.60. The molecule has 0 N–H and O–H groups in total. The number of rotatable bonds is 5. The highest BCUT2D eigenvalue weighted by Gasteiger charge is 2.41. The molecule has 172 valence electrons. The maximum Gasteiger partial charge on any atom is 0.261 e. The van der Waals surface area contributed by atoms with Crippen LogP contribution in [0.5, 0.6) is 0 Å². The van der Waals surface area contributed by atoms with E-state index < -0.39 is 0 Å². The highest BCUT2D eigenvalue weighted by molar-refractivity contribution is 5.62. The van der Waals surface area contributed by atoms with Gasteiger partial charge in [0, 0.05) is 61.3 Å². The zero-order valence-electron chi connectivity index (χ0n) is 19.6. The Bertz CT molecular complexity index is 1380. The number of aryl methyl sites for hydroxylation is 1. The molecule has 4 heterocycles. The Morgan fingerprint density at radius 2 is 1.76 bits per heavy atom. The fourth-order valence-corrected chi connectivity index (χ4v) is 5.91. The molecule has 5 nitrogen and oxygen atoms in total. The number of anilines is 1. The van der Waals surface area contributed by atoms with E-state index >= 15 is 0 Å². The lowest BCUT2D eigenvalue weighted by Crippen LogP contribution is -2.46. The molecule has 6 rings (SSSR count). The number of hydrogen-bond donors (Lipinski definition) is 0. The fourth-order valence-electron chi connectivity index (χ4n) is 5.91. The van der Waals surface area contributed by atoms with Gasteiger partial charge in [-0.1, -0.05) is 54.6 Å². The summed E-state index contributed by atoms with van der Waals surface area (Å²) in [6.45, 7) is 5.90. The van der Waals surface area contributed by atoms with Crippen LogP contribution in [-0.2, 0) is 13.0 Å². The van der Waals surface area contributed by atoms with E-state index in [2.05, 4.69) is 69.4 Å². The molecule has 4 aromatic rings. The van der Waals surface area contributed by atoms with Crippen molar-refractivity contribution in [3.63, 3.8) is 0 Å². The average molecular weight is 451 g/mol. The van der Waals surface area contributed by atoms with Crippen LogP contribution in [0, 0.1) is 6.92 Å². The number of pyridine rings is 1. The third-order valence-corrected chi connectivity index (χ3v) is 7.61. The molecule has 0 aliphatic carbocycles. The molecule has 2 aliphatic heterocycles. The predicted octanol–water partition coefficient (Wildman–Crippen LogP) is 4.42. The Hall–Kier alpha value is -3.44. The molecule has 0 saturated carbocycles. The third-order valence-electron chi connectivity index (χ3n) is 7.61. The molecule has 0 amide bonds. The number of nitrogens with zero attached hydrogens (tertiary/aromatic N) is 4. The van der Waals surface area contributed by atoms with Crippen molar-refractivity contribution in [1.29, 1.82) is 0 Å². The summed E-state index contributed by atoms with van der Waals surface area (Å²) < 4.78 is 1.67. The van der Waals surface area contributed by atoms with E-state index in [9.17, 15) is 4.79 Å². The normalized spacial score (nSPS) is 19.9. The Morgan fingerprint density at radius 3 is 2.65 bits per heavy atom. The van der Waals surface area contributed by atoms with Gasteiger partial charge in [0.15, 0.2) is 0 Å². The minimum absolute atomic E-state index is 0.0678. The van der Waals surface area contributed by atoms with Crippen LogP contribution in [0.4, 0.5) is 5.69 Å². The number of piperidine rings is 1. The predicted molar refractivity (Wildman–Crippen MR) is 137 cm³/mol. The van der Waals surface area contributed by atoms with Crippen molar-refractivity contribution < 1.29 is 0 Å². The van der Waals surface area contributed by atoms with E-state index in [-0.39, 0.29) is 5.56 Å². The van der Waals surface area contributed by atoms with E-state index in [1.165, 1.54) is 16.8 Å². The van der Waals surface area contributed by atoms with Gasteiger partial charge in [0.25, 0.3) is 5.56 Å². The third kappa shape index (κ3) is 3.70. The van der Waals surface area contributed by atoms with Crippen LogP contribution in [0.1, 0.15) is 34.7 Å². The zero-order chi connectivity index (χ0) is 23.1. The average Bonchev–Trinajstić information content (AvgIpc) is 3.17. The molecule has 5 heteroatoms. The molecule has 1 fully saturated rings. The van der Waals surface area contributed by atoms with Crippen molar-refractivity contribution in [2.75, 3.05) is 24.5 Å². The first kappa shape index (κ1) is 21.1. The van der Waals surface area contributed by atoms with Crippen LogP contribution in [-0.4, -0.2) is 40.0 Å². The molecule has 2 aromatic carbocycles. The Balaban J connectivity index is 1.21. The maximum atomic E-state index is 13.1. The first-order chi connectivity index (χ1) is 16.7. The summed E-state index contributed by atoms with van der Waals surface area (Å²) in [6, 6.07) is 26.0.